The van der Waals surface area contributed by atoms with Gasteiger partial charge in [-0.25, -0.2) is 0 Å². The van der Waals surface area contributed by atoms with E-state index in [0.717, 1.165) is 5.56 Å². The fourth-order valence-corrected chi connectivity index (χ4v) is 3.82. The summed E-state index contributed by atoms with van der Waals surface area (Å²) in [6.45, 7) is 2.26. The van der Waals surface area contributed by atoms with Crippen LogP contribution >= 0.6 is 0 Å². The van der Waals surface area contributed by atoms with Crippen molar-refractivity contribution in [2.24, 2.45) is 0 Å². The fourth-order valence-electron chi connectivity index (χ4n) is 3.82. The summed E-state index contributed by atoms with van der Waals surface area (Å²) in [4.78, 5) is 24.0. The van der Waals surface area contributed by atoms with E-state index in [1.165, 1.54) is 17.7 Å². The van der Waals surface area contributed by atoms with Gasteiger partial charge in [-0.05, 0) is 59.7 Å². The van der Waals surface area contributed by atoms with Crippen molar-refractivity contribution in [3.8, 4) is 5.75 Å². The molecule has 5 aromatic rings. The van der Waals surface area contributed by atoms with Crippen LogP contribution in [0.5, 0.6) is 5.75 Å². The van der Waals surface area contributed by atoms with Gasteiger partial charge >= 0.3 is 0 Å². The molecule has 0 atom stereocenters. The molecule has 7 nitrogen and oxygen atoms in total. The number of benzene rings is 3. The Morgan fingerprint density at radius 1 is 0.943 bits per heavy atom. The monoisotopic (exact) mass is 465 g/mol. The van der Waals surface area contributed by atoms with Gasteiger partial charge in [0, 0.05) is 17.8 Å². The van der Waals surface area contributed by atoms with Gasteiger partial charge in [0.2, 0.25) is 0 Å². The molecule has 5 rings (SSSR count). The lowest BCUT2D eigenvalue weighted by Crippen LogP contribution is -2.12. The van der Waals surface area contributed by atoms with Gasteiger partial charge in [-0.3, -0.25) is 14.3 Å². The zero-order chi connectivity index (χ0) is 24.2. The topological polar surface area (TPSA) is 86.4 Å². The van der Waals surface area contributed by atoms with Crippen LogP contribution in [0.1, 0.15) is 39.2 Å². The van der Waals surface area contributed by atoms with Crippen molar-refractivity contribution < 1.29 is 18.7 Å². The number of nitrogens with zero attached hydrogens (tertiary/aromatic N) is 2. The highest BCUT2D eigenvalue weighted by atomic mass is 16.5. The molecule has 0 saturated carbocycles. The van der Waals surface area contributed by atoms with Crippen LogP contribution in [-0.4, -0.2) is 21.5 Å². The number of hydrogen-bond donors (Lipinski definition) is 1. The second-order valence-electron chi connectivity index (χ2n) is 8.13. The van der Waals surface area contributed by atoms with E-state index >= 15 is 0 Å². The molecule has 2 heterocycles. The molecule has 0 saturated heterocycles. The van der Waals surface area contributed by atoms with Crippen LogP contribution in [0.4, 0.5) is 5.82 Å². The van der Waals surface area contributed by atoms with Crippen molar-refractivity contribution in [1.29, 1.82) is 0 Å². The summed E-state index contributed by atoms with van der Waals surface area (Å²) in [5.74, 6) is 1.32. The first-order valence-electron chi connectivity index (χ1n) is 11.2. The molecule has 1 amide bonds. The maximum atomic E-state index is 12.6. The largest absolute Gasteiger partial charge is 0.486 e. The molecule has 174 valence electrons. The predicted octanol–water partition coefficient (Wildman–Crippen LogP) is 5.71. The second-order valence-corrected chi connectivity index (χ2v) is 8.13. The van der Waals surface area contributed by atoms with E-state index in [4.69, 9.17) is 9.15 Å². The lowest BCUT2D eigenvalue weighted by Gasteiger charge is -2.07. The molecule has 0 aliphatic rings. The summed E-state index contributed by atoms with van der Waals surface area (Å²) < 4.78 is 13.1. The molecule has 0 spiro atoms. The number of fused-ring (bicyclic) bond motifs is 1. The number of ether oxygens (including phenoxy) is 1. The minimum absolute atomic E-state index is 0.00312. The standard InChI is InChI=1S/C28H23N3O4/c1-19(32)20-9-11-23(12-10-20)34-18-24-13-14-26(35-24)28(33)29-27-15-16-31(30-27)17-22-7-4-6-21-5-2-3-8-25(21)22/h2-16H,17-18H2,1H3,(H,29,30,33). The molecule has 0 unspecified atom stereocenters. The number of amides is 1. The minimum Gasteiger partial charge on any atom is -0.486 e. The maximum absolute atomic E-state index is 12.6. The van der Waals surface area contributed by atoms with Gasteiger partial charge in [0.15, 0.2) is 17.4 Å². The van der Waals surface area contributed by atoms with Crippen molar-refractivity contribution in [3.05, 3.63) is 114 Å². The Kier molecular flexibility index (Phi) is 6.13. The highest BCUT2D eigenvalue weighted by Crippen LogP contribution is 2.20. The highest BCUT2D eigenvalue weighted by molar-refractivity contribution is 6.01. The van der Waals surface area contributed by atoms with Gasteiger partial charge in [0.1, 0.15) is 18.1 Å². The van der Waals surface area contributed by atoms with Crippen LogP contribution < -0.4 is 10.1 Å². The average molecular weight is 466 g/mol. The predicted molar refractivity (Wildman–Crippen MR) is 133 cm³/mol. The molecule has 0 aliphatic carbocycles. The Hall–Kier alpha value is -4.65. The lowest BCUT2D eigenvalue weighted by atomic mass is 10.0. The Balaban J connectivity index is 1.19. The summed E-state index contributed by atoms with van der Waals surface area (Å²) >= 11 is 0. The van der Waals surface area contributed by atoms with E-state index in [1.54, 1.807) is 47.1 Å². The Morgan fingerprint density at radius 3 is 2.57 bits per heavy atom. The summed E-state index contributed by atoms with van der Waals surface area (Å²) in [7, 11) is 0. The number of carbonyl (C=O) groups is 2. The number of furan rings is 1. The van der Waals surface area contributed by atoms with Crippen molar-refractivity contribution in [3.63, 3.8) is 0 Å². The van der Waals surface area contributed by atoms with Gasteiger partial charge in [-0.2, -0.15) is 5.10 Å². The van der Waals surface area contributed by atoms with E-state index < -0.39 is 5.91 Å². The highest BCUT2D eigenvalue weighted by Gasteiger charge is 2.14. The second kappa shape index (κ2) is 9.69. The van der Waals surface area contributed by atoms with Crippen LogP contribution in [0, 0.1) is 0 Å². The number of carbonyl (C=O) groups excluding carboxylic acids is 2. The molecular formula is C28H23N3O4. The quantitative estimate of drug-likeness (QED) is 0.297. The van der Waals surface area contributed by atoms with E-state index in [0.29, 0.717) is 29.4 Å². The first-order valence-corrected chi connectivity index (χ1v) is 11.2. The molecule has 2 aromatic heterocycles. The third-order valence-corrected chi connectivity index (χ3v) is 5.62. The third kappa shape index (κ3) is 5.14. The van der Waals surface area contributed by atoms with Crippen molar-refractivity contribution >= 4 is 28.3 Å². The minimum atomic E-state index is -0.391. The van der Waals surface area contributed by atoms with Crippen LogP contribution in [-0.2, 0) is 13.2 Å². The summed E-state index contributed by atoms with van der Waals surface area (Å²) in [6, 6.07) is 26.3. The number of ketones is 1. The fraction of sp³-hybridized carbons (Fsp3) is 0.107. The Labute approximate surface area is 201 Å². The number of Topliss-reactive ketones (excluding diaryl/α,β-unsaturated/α-hetero) is 1. The molecule has 0 fully saturated rings. The van der Waals surface area contributed by atoms with E-state index in [1.807, 2.05) is 24.4 Å². The van der Waals surface area contributed by atoms with Crippen LogP contribution in [0.15, 0.2) is 95.5 Å². The molecule has 0 bridgehead atoms. The molecule has 0 radical (unpaired) electrons. The summed E-state index contributed by atoms with van der Waals surface area (Å²) in [6.07, 6.45) is 1.83. The molecule has 1 N–H and O–H groups in total. The number of anilines is 1. The van der Waals surface area contributed by atoms with Gasteiger partial charge in [0.05, 0.1) is 6.54 Å². The third-order valence-electron chi connectivity index (χ3n) is 5.62. The molecule has 35 heavy (non-hydrogen) atoms. The number of rotatable bonds is 8. The van der Waals surface area contributed by atoms with Gasteiger partial charge in [-0.1, -0.05) is 42.5 Å². The smallest absolute Gasteiger partial charge is 0.292 e. The molecule has 7 heteroatoms. The molecule has 3 aromatic carbocycles. The number of nitrogens with one attached hydrogen (secondary N) is 1. The van der Waals surface area contributed by atoms with Crippen LogP contribution in [0.2, 0.25) is 0 Å². The number of aromatic nitrogens is 2. The SMILES string of the molecule is CC(=O)c1ccc(OCc2ccc(C(=O)Nc3ccn(Cc4cccc5ccccc45)n3)o2)cc1. The van der Waals surface area contributed by atoms with Gasteiger partial charge in [-0.15, -0.1) is 0 Å². The van der Waals surface area contributed by atoms with Crippen LogP contribution in [0.3, 0.4) is 0 Å². The van der Waals surface area contributed by atoms with E-state index in [-0.39, 0.29) is 18.2 Å². The van der Waals surface area contributed by atoms with Crippen molar-refractivity contribution in [1.82, 2.24) is 9.78 Å². The van der Waals surface area contributed by atoms with Crippen LogP contribution in [0.25, 0.3) is 10.8 Å². The number of hydrogen-bond acceptors (Lipinski definition) is 5. The van der Waals surface area contributed by atoms with Gasteiger partial charge in [0.25, 0.3) is 5.91 Å². The zero-order valence-corrected chi connectivity index (χ0v) is 19.1. The van der Waals surface area contributed by atoms with Crippen molar-refractivity contribution in [2.45, 2.75) is 20.1 Å². The summed E-state index contributed by atoms with van der Waals surface area (Å²) in [5, 5.41) is 9.60. The first-order chi connectivity index (χ1) is 17.0. The van der Waals surface area contributed by atoms with E-state index in [9.17, 15) is 9.59 Å². The molecule has 0 aliphatic heterocycles. The first kappa shape index (κ1) is 22.2. The normalized spacial score (nSPS) is 10.9. The molecular weight excluding hydrogens is 442 g/mol. The Bertz CT molecular complexity index is 1490. The van der Waals surface area contributed by atoms with Gasteiger partial charge < -0.3 is 14.5 Å². The summed E-state index contributed by atoms with van der Waals surface area (Å²) in [5.41, 5.74) is 1.77. The lowest BCUT2D eigenvalue weighted by molar-refractivity contribution is 0.0990. The van der Waals surface area contributed by atoms with Crippen molar-refractivity contribution in [2.75, 3.05) is 5.32 Å². The Morgan fingerprint density at radius 2 is 1.74 bits per heavy atom. The van der Waals surface area contributed by atoms with E-state index in [2.05, 4.69) is 34.7 Å². The maximum Gasteiger partial charge on any atom is 0.292 e. The zero-order valence-electron chi connectivity index (χ0n) is 19.1. The average Bonchev–Trinajstić information content (AvgIpc) is 3.53.